The van der Waals surface area contributed by atoms with Crippen LogP contribution in [0.2, 0.25) is 5.02 Å². The molecule has 0 N–H and O–H groups in total. The van der Waals surface area contributed by atoms with Crippen molar-refractivity contribution >= 4 is 11.6 Å². The molecule has 4 nitrogen and oxygen atoms in total. The zero-order valence-electron chi connectivity index (χ0n) is 15.1. The molecule has 0 spiro atoms. The summed E-state index contributed by atoms with van der Waals surface area (Å²) < 4.78 is 24.9. The van der Waals surface area contributed by atoms with Gasteiger partial charge in [0.25, 0.3) is 0 Å². The van der Waals surface area contributed by atoms with Gasteiger partial charge in [-0.1, -0.05) is 35.9 Å². The highest BCUT2D eigenvalue weighted by Crippen LogP contribution is 2.25. The average molecular weight is 408 g/mol. The Morgan fingerprint density at radius 1 is 0.966 bits per heavy atom. The van der Waals surface area contributed by atoms with Crippen LogP contribution >= 0.6 is 11.6 Å². The Labute approximate surface area is 171 Å². The van der Waals surface area contributed by atoms with Crippen molar-refractivity contribution in [2.24, 2.45) is 0 Å². The normalized spacial score (nSPS) is 10.7. The fourth-order valence-electron chi connectivity index (χ4n) is 2.77. The molecule has 0 fully saturated rings. The maximum atomic E-state index is 14.0. The molecule has 0 aliphatic rings. The van der Waals surface area contributed by atoms with E-state index < -0.39 is 11.4 Å². The van der Waals surface area contributed by atoms with Gasteiger partial charge in [0.15, 0.2) is 0 Å². The second-order valence-electron chi connectivity index (χ2n) is 6.29. The van der Waals surface area contributed by atoms with E-state index in [0.29, 0.717) is 28.6 Å². The third-order valence-electron chi connectivity index (χ3n) is 4.25. The third kappa shape index (κ3) is 4.52. The summed E-state index contributed by atoms with van der Waals surface area (Å²) in [6.45, 7) is 0.404. The summed E-state index contributed by atoms with van der Waals surface area (Å²) in [6.07, 6.45) is 0. The SMILES string of the molecule is O=c1cc(-c2ccc(OCc3ccc(Cl)cc3)cc2)nc(-c2ccccc2F)o1. The molecule has 3 aromatic carbocycles. The van der Waals surface area contributed by atoms with E-state index in [1.807, 2.05) is 24.3 Å². The molecular weight excluding hydrogens is 393 g/mol. The second kappa shape index (κ2) is 8.29. The molecule has 0 saturated heterocycles. The van der Waals surface area contributed by atoms with Crippen LogP contribution in [0.3, 0.4) is 0 Å². The first-order valence-electron chi connectivity index (χ1n) is 8.83. The maximum Gasteiger partial charge on any atom is 0.339 e. The Kier molecular flexibility index (Phi) is 5.40. The standard InChI is InChI=1S/C23H15ClFNO3/c24-17-9-5-15(6-10-17)14-28-18-11-7-16(8-12-18)21-13-22(27)29-23(26-21)19-3-1-2-4-20(19)25/h1-13H,14H2. The van der Waals surface area contributed by atoms with Gasteiger partial charge in [-0.3, -0.25) is 0 Å². The highest BCUT2D eigenvalue weighted by Gasteiger charge is 2.12. The number of aromatic nitrogens is 1. The van der Waals surface area contributed by atoms with Gasteiger partial charge in [0.1, 0.15) is 18.2 Å². The Morgan fingerprint density at radius 2 is 1.69 bits per heavy atom. The molecule has 0 atom stereocenters. The largest absolute Gasteiger partial charge is 0.489 e. The van der Waals surface area contributed by atoms with E-state index in [0.717, 1.165) is 5.56 Å². The number of ether oxygens (including phenoxy) is 1. The van der Waals surface area contributed by atoms with E-state index in [4.69, 9.17) is 20.8 Å². The second-order valence-corrected chi connectivity index (χ2v) is 6.72. The lowest BCUT2D eigenvalue weighted by Crippen LogP contribution is -2.03. The van der Waals surface area contributed by atoms with Crippen molar-refractivity contribution in [3.63, 3.8) is 0 Å². The summed E-state index contributed by atoms with van der Waals surface area (Å²) in [6, 6.07) is 21.8. The first-order chi connectivity index (χ1) is 14.1. The Bertz CT molecular complexity index is 1190. The Balaban J connectivity index is 1.55. The summed E-state index contributed by atoms with van der Waals surface area (Å²) in [7, 11) is 0. The number of hydrogen-bond donors (Lipinski definition) is 0. The monoisotopic (exact) mass is 407 g/mol. The van der Waals surface area contributed by atoms with E-state index in [2.05, 4.69) is 4.98 Å². The first kappa shape index (κ1) is 18.9. The topological polar surface area (TPSA) is 52.3 Å². The van der Waals surface area contributed by atoms with Gasteiger partial charge in [-0.25, -0.2) is 14.2 Å². The predicted octanol–water partition coefficient (Wildman–Crippen LogP) is 5.74. The van der Waals surface area contributed by atoms with E-state index in [1.54, 1.807) is 36.4 Å². The minimum atomic E-state index is -0.601. The minimum Gasteiger partial charge on any atom is -0.489 e. The van der Waals surface area contributed by atoms with Crippen molar-refractivity contribution in [3.8, 4) is 28.5 Å². The van der Waals surface area contributed by atoms with Crippen LogP contribution in [0.5, 0.6) is 5.75 Å². The van der Waals surface area contributed by atoms with Crippen molar-refractivity contribution in [2.75, 3.05) is 0 Å². The van der Waals surface area contributed by atoms with Crippen LogP contribution in [0.25, 0.3) is 22.7 Å². The molecule has 0 amide bonds. The van der Waals surface area contributed by atoms with E-state index in [9.17, 15) is 9.18 Å². The lowest BCUT2D eigenvalue weighted by Gasteiger charge is -2.08. The van der Waals surface area contributed by atoms with E-state index in [-0.39, 0.29) is 11.5 Å². The number of rotatable bonds is 5. The van der Waals surface area contributed by atoms with Gasteiger partial charge in [-0.15, -0.1) is 0 Å². The maximum absolute atomic E-state index is 14.0. The van der Waals surface area contributed by atoms with Gasteiger partial charge in [-0.2, -0.15) is 0 Å². The zero-order valence-corrected chi connectivity index (χ0v) is 15.9. The molecule has 1 aromatic heterocycles. The van der Waals surface area contributed by atoms with Crippen LogP contribution in [-0.2, 0) is 6.61 Å². The molecule has 0 bridgehead atoms. The zero-order chi connectivity index (χ0) is 20.2. The summed E-state index contributed by atoms with van der Waals surface area (Å²) in [4.78, 5) is 16.3. The van der Waals surface area contributed by atoms with Crippen LogP contribution in [0, 0.1) is 5.82 Å². The molecular formula is C23H15ClFNO3. The molecule has 0 saturated carbocycles. The number of hydrogen-bond acceptors (Lipinski definition) is 4. The van der Waals surface area contributed by atoms with Gasteiger partial charge in [0.05, 0.1) is 17.3 Å². The molecule has 29 heavy (non-hydrogen) atoms. The van der Waals surface area contributed by atoms with Crippen LogP contribution in [-0.4, -0.2) is 4.98 Å². The third-order valence-corrected chi connectivity index (χ3v) is 4.50. The van der Waals surface area contributed by atoms with Crippen molar-refractivity contribution in [1.82, 2.24) is 4.98 Å². The summed E-state index contributed by atoms with van der Waals surface area (Å²) in [5.74, 6) is 0.0981. The van der Waals surface area contributed by atoms with Gasteiger partial charge < -0.3 is 9.15 Å². The molecule has 1 heterocycles. The highest BCUT2D eigenvalue weighted by atomic mass is 35.5. The van der Waals surface area contributed by atoms with Crippen molar-refractivity contribution in [3.05, 3.63) is 106 Å². The molecule has 144 valence electrons. The van der Waals surface area contributed by atoms with E-state index in [1.165, 1.54) is 18.2 Å². The molecule has 4 rings (SSSR count). The molecule has 0 aliphatic heterocycles. The van der Waals surface area contributed by atoms with Gasteiger partial charge in [0.2, 0.25) is 5.89 Å². The fraction of sp³-hybridized carbons (Fsp3) is 0.0435. The van der Waals surface area contributed by atoms with Crippen LogP contribution < -0.4 is 10.4 Å². The molecule has 6 heteroatoms. The molecule has 4 aromatic rings. The van der Waals surface area contributed by atoms with Crippen molar-refractivity contribution in [1.29, 1.82) is 0 Å². The first-order valence-corrected chi connectivity index (χ1v) is 9.21. The Hall–Kier alpha value is -3.44. The number of benzene rings is 3. The van der Waals surface area contributed by atoms with Crippen LogP contribution in [0.4, 0.5) is 4.39 Å². The van der Waals surface area contributed by atoms with Crippen LogP contribution in [0.1, 0.15) is 5.56 Å². The molecule has 0 unspecified atom stereocenters. The minimum absolute atomic E-state index is 0.0614. The number of nitrogens with zero attached hydrogens (tertiary/aromatic N) is 1. The summed E-state index contributed by atoms with van der Waals surface area (Å²) in [5, 5.41) is 0.674. The van der Waals surface area contributed by atoms with Crippen LogP contribution in [0.15, 0.2) is 88.1 Å². The average Bonchev–Trinajstić information content (AvgIpc) is 2.73. The van der Waals surface area contributed by atoms with Crippen molar-refractivity contribution in [2.45, 2.75) is 6.61 Å². The predicted molar refractivity (Wildman–Crippen MR) is 109 cm³/mol. The smallest absolute Gasteiger partial charge is 0.339 e. The van der Waals surface area contributed by atoms with Gasteiger partial charge in [0, 0.05) is 10.6 Å². The highest BCUT2D eigenvalue weighted by molar-refractivity contribution is 6.30. The number of halogens is 2. The molecule has 0 aliphatic carbocycles. The van der Waals surface area contributed by atoms with Crippen molar-refractivity contribution < 1.29 is 13.5 Å². The quantitative estimate of drug-likeness (QED) is 0.423. The molecule has 0 radical (unpaired) electrons. The van der Waals surface area contributed by atoms with Gasteiger partial charge in [-0.05, 0) is 54.1 Å². The van der Waals surface area contributed by atoms with E-state index >= 15 is 0 Å². The lowest BCUT2D eigenvalue weighted by molar-refractivity contribution is 0.306. The van der Waals surface area contributed by atoms with Gasteiger partial charge >= 0.3 is 5.63 Å². The fourth-order valence-corrected chi connectivity index (χ4v) is 2.89. The lowest BCUT2D eigenvalue weighted by atomic mass is 10.1. The summed E-state index contributed by atoms with van der Waals surface area (Å²) in [5.41, 5.74) is 1.61. The Morgan fingerprint density at radius 3 is 2.41 bits per heavy atom. The summed E-state index contributed by atoms with van der Waals surface area (Å²) >= 11 is 5.88.